The average molecular weight is 309 g/mol. The van der Waals surface area contributed by atoms with Crippen LogP contribution in [0.3, 0.4) is 0 Å². The molecule has 1 aromatic carbocycles. The van der Waals surface area contributed by atoms with Gasteiger partial charge >= 0.3 is 18.1 Å². The van der Waals surface area contributed by atoms with Crippen molar-refractivity contribution in [2.75, 3.05) is 0 Å². The number of carbonyl (C=O) groups is 1. The Balaban J connectivity index is 2.99. The quantitative estimate of drug-likeness (QED) is 0.467. The zero-order chi connectivity index (χ0) is 14.1. The molecule has 0 N–H and O–H groups in total. The average Bonchev–Trinajstić information content (AvgIpc) is 2.23. The number of carbonyl (C=O) groups excluding carboxylic acids is 1. The molecule has 9 heteroatoms. The molecular formula is C9H3Cl2F5O2. The molecule has 0 saturated heterocycles. The highest BCUT2D eigenvalue weighted by molar-refractivity contribution is 6.43. The summed E-state index contributed by atoms with van der Waals surface area (Å²) in [5, 5.41) is -0.595. The summed E-state index contributed by atoms with van der Waals surface area (Å²) in [5.74, 6) is -9.09. The van der Waals surface area contributed by atoms with Crippen molar-refractivity contribution in [3.63, 3.8) is 0 Å². The molecule has 0 aromatic heterocycles. The third-order valence-corrected chi connectivity index (χ3v) is 2.53. The largest absolute Gasteiger partial charge is 0.465 e. The van der Waals surface area contributed by atoms with Crippen LogP contribution < -0.4 is 4.74 Å². The van der Waals surface area contributed by atoms with Gasteiger partial charge in [-0.2, -0.15) is 22.0 Å². The smallest absolute Gasteiger partial charge is 0.420 e. The zero-order valence-electron chi connectivity index (χ0n) is 8.19. The molecule has 0 amide bonds. The van der Waals surface area contributed by atoms with Gasteiger partial charge in [-0.3, -0.25) is 0 Å². The molecule has 0 bridgehead atoms. The van der Waals surface area contributed by atoms with Crippen LogP contribution in [0.15, 0.2) is 18.2 Å². The standard InChI is InChI=1S/C9H3Cl2F5O2/c10-4-2-1-3-5(6(4)11)18-7(17)8(12,13)9(14,15)16/h1-3H. The fraction of sp³-hybridized carbons (Fsp3) is 0.222. The van der Waals surface area contributed by atoms with Gasteiger partial charge in [0.2, 0.25) is 0 Å². The van der Waals surface area contributed by atoms with Crippen LogP contribution in [0.5, 0.6) is 5.75 Å². The first kappa shape index (κ1) is 15.0. The minimum Gasteiger partial charge on any atom is -0.420 e. The second-order valence-corrected chi connectivity index (χ2v) is 3.80. The van der Waals surface area contributed by atoms with Gasteiger partial charge in [0.25, 0.3) is 0 Å². The Labute approximate surface area is 107 Å². The van der Waals surface area contributed by atoms with Gasteiger partial charge in [-0.1, -0.05) is 29.3 Å². The van der Waals surface area contributed by atoms with E-state index < -0.39 is 28.8 Å². The molecule has 0 radical (unpaired) electrons. The van der Waals surface area contributed by atoms with Gasteiger partial charge < -0.3 is 4.74 Å². The lowest BCUT2D eigenvalue weighted by Crippen LogP contribution is -2.46. The maximum atomic E-state index is 12.6. The van der Waals surface area contributed by atoms with Crippen molar-refractivity contribution < 1.29 is 31.5 Å². The van der Waals surface area contributed by atoms with E-state index in [1.807, 2.05) is 0 Å². The van der Waals surface area contributed by atoms with Crippen molar-refractivity contribution in [3.05, 3.63) is 28.2 Å². The molecule has 0 aliphatic heterocycles. The van der Waals surface area contributed by atoms with E-state index in [-0.39, 0.29) is 5.02 Å². The monoisotopic (exact) mass is 308 g/mol. The molecular weight excluding hydrogens is 306 g/mol. The fourth-order valence-corrected chi connectivity index (χ4v) is 1.17. The fourth-order valence-electron chi connectivity index (χ4n) is 0.843. The van der Waals surface area contributed by atoms with Crippen LogP contribution in [0.2, 0.25) is 10.0 Å². The minimum absolute atomic E-state index is 0.155. The summed E-state index contributed by atoms with van der Waals surface area (Å²) in [7, 11) is 0. The molecule has 0 spiro atoms. The predicted octanol–water partition coefficient (Wildman–Crippen LogP) is 4.10. The van der Waals surface area contributed by atoms with E-state index in [9.17, 15) is 26.7 Å². The van der Waals surface area contributed by atoms with E-state index in [0.717, 1.165) is 6.07 Å². The Hall–Kier alpha value is -1.08. The molecule has 1 aromatic rings. The number of hydrogen-bond donors (Lipinski definition) is 0. The number of halogens is 7. The highest BCUT2D eigenvalue weighted by Gasteiger charge is 2.65. The van der Waals surface area contributed by atoms with Crippen LogP contribution in [0, 0.1) is 0 Å². The van der Waals surface area contributed by atoms with Crippen molar-refractivity contribution in [2.24, 2.45) is 0 Å². The van der Waals surface area contributed by atoms with Crippen molar-refractivity contribution in [2.45, 2.75) is 12.1 Å². The third-order valence-electron chi connectivity index (χ3n) is 1.73. The van der Waals surface area contributed by atoms with Gasteiger partial charge in [0.15, 0.2) is 5.75 Å². The molecule has 100 valence electrons. The van der Waals surface area contributed by atoms with Gasteiger partial charge in [0.05, 0.1) is 5.02 Å². The van der Waals surface area contributed by atoms with E-state index >= 15 is 0 Å². The molecule has 0 fully saturated rings. The van der Waals surface area contributed by atoms with Crippen molar-refractivity contribution in [1.82, 2.24) is 0 Å². The maximum Gasteiger partial charge on any atom is 0.465 e. The summed E-state index contributed by atoms with van der Waals surface area (Å²) in [5.41, 5.74) is 0. The molecule has 0 saturated carbocycles. The van der Waals surface area contributed by atoms with Gasteiger partial charge in [0.1, 0.15) is 5.02 Å². The molecule has 0 aliphatic rings. The van der Waals surface area contributed by atoms with Crippen LogP contribution in [-0.2, 0) is 4.79 Å². The Morgan fingerprint density at radius 1 is 1.11 bits per heavy atom. The molecule has 0 unspecified atom stereocenters. The maximum absolute atomic E-state index is 12.6. The highest BCUT2D eigenvalue weighted by Crippen LogP contribution is 2.38. The Morgan fingerprint density at radius 2 is 1.67 bits per heavy atom. The molecule has 0 aliphatic carbocycles. The van der Waals surface area contributed by atoms with E-state index in [2.05, 4.69) is 4.74 Å². The number of esters is 1. The molecule has 1 rings (SSSR count). The summed E-state index contributed by atoms with van der Waals surface area (Å²) in [4.78, 5) is 10.8. The van der Waals surface area contributed by atoms with Crippen LogP contribution in [0.1, 0.15) is 0 Å². The molecule has 2 nitrogen and oxygen atoms in total. The van der Waals surface area contributed by atoms with Gasteiger partial charge in [-0.15, -0.1) is 0 Å². The SMILES string of the molecule is O=C(Oc1cccc(Cl)c1Cl)C(F)(F)C(F)(F)F. The van der Waals surface area contributed by atoms with Crippen LogP contribution in [0.4, 0.5) is 22.0 Å². The van der Waals surface area contributed by atoms with Gasteiger partial charge in [-0.25, -0.2) is 4.79 Å². The Kier molecular flexibility index (Phi) is 4.07. The number of rotatable bonds is 2. The predicted molar refractivity (Wildman–Crippen MR) is 53.1 cm³/mol. The summed E-state index contributed by atoms with van der Waals surface area (Å²) < 4.78 is 64.6. The highest BCUT2D eigenvalue weighted by atomic mass is 35.5. The van der Waals surface area contributed by atoms with Crippen molar-refractivity contribution in [3.8, 4) is 5.75 Å². The normalized spacial score (nSPS) is 12.4. The van der Waals surface area contributed by atoms with Gasteiger partial charge in [-0.05, 0) is 12.1 Å². The van der Waals surface area contributed by atoms with E-state index in [4.69, 9.17) is 23.2 Å². The first-order valence-corrected chi connectivity index (χ1v) is 4.94. The Bertz CT molecular complexity index is 473. The first-order chi connectivity index (χ1) is 8.07. The second-order valence-electron chi connectivity index (χ2n) is 3.01. The lowest BCUT2D eigenvalue weighted by Gasteiger charge is -2.18. The minimum atomic E-state index is -6.05. The Morgan fingerprint density at radius 3 is 2.17 bits per heavy atom. The summed E-state index contributed by atoms with van der Waals surface area (Å²) in [6.07, 6.45) is -6.05. The summed E-state index contributed by atoms with van der Waals surface area (Å²) in [6, 6.07) is 3.34. The van der Waals surface area contributed by atoms with Crippen LogP contribution >= 0.6 is 23.2 Å². The lowest BCUT2D eigenvalue weighted by atomic mass is 10.3. The number of alkyl halides is 5. The topological polar surface area (TPSA) is 26.3 Å². The van der Waals surface area contributed by atoms with Crippen LogP contribution in [0.25, 0.3) is 0 Å². The number of hydrogen-bond acceptors (Lipinski definition) is 2. The van der Waals surface area contributed by atoms with Crippen molar-refractivity contribution in [1.29, 1.82) is 0 Å². The van der Waals surface area contributed by atoms with E-state index in [1.165, 1.54) is 12.1 Å². The molecule has 0 atom stereocenters. The first-order valence-electron chi connectivity index (χ1n) is 4.18. The lowest BCUT2D eigenvalue weighted by molar-refractivity contribution is -0.276. The summed E-state index contributed by atoms with van der Waals surface area (Å²) >= 11 is 10.9. The number of ether oxygens (including phenoxy) is 1. The third kappa shape index (κ3) is 2.84. The van der Waals surface area contributed by atoms with E-state index in [0.29, 0.717) is 0 Å². The molecule has 18 heavy (non-hydrogen) atoms. The zero-order valence-corrected chi connectivity index (χ0v) is 9.71. The van der Waals surface area contributed by atoms with Gasteiger partial charge in [0, 0.05) is 0 Å². The summed E-state index contributed by atoms with van der Waals surface area (Å²) in [6.45, 7) is 0. The second kappa shape index (κ2) is 4.89. The molecule has 0 heterocycles. The van der Waals surface area contributed by atoms with Crippen LogP contribution in [-0.4, -0.2) is 18.1 Å². The number of benzene rings is 1. The van der Waals surface area contributed by atoms with E-state index in [1.54, 1.807) is 0 Å². The van der Waals surface area contributed by atoms with Crippen molar-refractivity contribution >= 4 is 29.2 Å².